The molecule has 0 fully saturated rings. The normalized spacial score (nSPS) is 11.0. The zero-order valence-electron chi connectivity index (χ0n) is 13.5. The minimum absolute atomic E-state index is 0.153. The summed E-state index contributed by atoms with van der Waals surface area (Å²) in [6, 6.07) is 13.4. The first-order valence-corrected chi connectivity index (χ1v) is 11.0. The van der Waals surface area contributed by atoms with E-state index in [1.807, 2.05) is 42.5 Å². The fourth-order valence-electron chi connectivity index (χ4n) is 2.24. The van der Waals surface area contributed by atoms with Gasteiger partial charge in [-0.3, -0.25) is 4.79 Å². The highest BCUT2D eigenvalue weighted by Crippen LogP contribution is 2.29. The third-order valence-corrected chi connectivity index (χ3v) is 6.14. The molecular formula is C17H10Br2N4O2S2. The predicted molar refractivity (Wildman–Crippen MR) is 114 cm³/mol. The van der Waals surface area contributed by atoms with Crippen molar-refractivity contribution in [1.29, 1.82) is 0 Å². The Labute approximate surface area is 179 Å². The van der Waals surface area contributed by atoms with Crippen LogP contribution in [0.5, 0.6) is 0 Å². The number of hydrogen-bond donors (Lipinski definition) is 1. The van der Waals surface area contributed by atoms with Crippen molar-refractivity contribution in [2.24, 2.45) is 0 Å². The third-order valence-electron chi connectivity index (χ3n) is 3.40. The van der Waals surface area contributed by atoms with E-state index >= 15 is 0 Å². The fraction of sp³-hybridized carbons (Fsp3) is 0.0588. The number of rotatable bonds is 5. The van der Waals surface area contributed by atoms with Gasteiger partial charge < -0.3 is 9.73 Å². The van der Waals surface area contributed by atoms with Crippen LogP contribution in [0.3, 0.4) is 0 Å². The third kappa shape index (κ3) is 4.57. The molecule has 0 aliphatic heterocycles. The Kier molecular flexibility index (Phi) is 5.58. The Hall–Kier alpha value is -1.75. The number of halogens is 2. The van der Waals surface area contributed by atoms with Crippen LogP contribution in [0.15, 0.2) is 61.0 Å². The van der Waals surface area contributed by atoms with Gasteiger partial charge in [-0.25, -0.2) is 4.98 Å². The molecule has 4 rings (SSSR count). The molecule has 0 saturated heterocycles. The highest BCUT2D eigenvalue weighted by Gasteiger charge is 2.13. The lowest BCUT2D eigenvalue weighted by atomic mass is 10.2. The number of aromatic nitrogens is 3. The molecule has 0 atom stereocenters. The van der Waals surface area contributed by atoms with Gasteiger partial charge in [0, 0.05) is 14.5 Å². The maximum atomic E-state index is 12.2. The van der Waals surface area contributed by atoms with Gasteiger partial charge in [-0.2, -0.15) is 0 Å². The monoisotopic (exact) mass is 524 g/mol. The number of anilines is 1. The quantitative estimate of drug-likeness (QED) is 0.341. The molecule has 0 aliphatic carbocycles. The smallest absolute Gasteiger partial charge is 0.277 e. The number of hydrogen-bond acceptors (Lipinski definition) is 7. The summed E-state index contributed by atoms with van der Waals surface area (Å²) in [5.74, 6) is 0.385. The second-order valence-electron chi connectivity index (χ2n) is 5.35. The second-order valence-corrected chi connectivity index (χ2v) is 9.14. The summed E-state index contributed by atoms with van der Waals surface area (Å²) < 4.78 is 8.51. The molecule has 0 radical (unpaired) electrons. The van der Waals surface area contributed by atoms with E-state index in [-0.39, 0.29) is 11.7 Å². The van der Waals surface area contributed by atoms with Crippen LogP contribution in [0.2, 0.25) is 0 Å². The van der Waals surface area contributed by atoms with Gasteiger partial charge in [-0.05, 0) is 36.4 Å². The number of thiazole rings is 1. The van der Waals surface area contributed by atoms with Crippen molar-refractivity contribution in [3.8, 4) is 11.5 Å². The molecule has 4 aromatic rings. The van der Waals surface area contributed by atoms with Crippen molar-refractivity contribution in [3.63, 3.8) is 0 Å². The maximum Gasteiger partial charge on any atom is 0.277 e. The first-order chi connectivity index (χ1) is 13.1. The van der Waals surface area contributed by atoms with Crippen molar-refractivity contribution >= 4 is 76.2 Å². The molecule has 136 valence electrons. The lowest BCUT2D eigenvalue weighted by Crippen LogP contribution is -2.13. The van der Waals surface area contributed by atoms with Gasteiger partial charge in [0.2, 0.25) is 11.8 Å². The Bertz CT molecular complexity index is 1130. The Morgan fingerprint density at radius 1 is 1.15 bits per heavy atom. The number of nitrogens with one attached hydrogen (secondary N) is 1. The molecule has 0 unspecified atom stereocenters. The van der Waals surface area contributed by atoms with Crippen LogP contribution in [0.25, 0.3) is 21.7 Å². The number of fused-ring (bicyclic) bond motifs is 1. The van der Waals surface area contributed by atoms with Crippen LogP contribution in [0, 0.1) is 0 Å². The number of carbonyl (C=O) groups is 1. The van der Waals surface area contributed by atoms with Gasteiger partial charge in [-0.15, -0.1) is 10.2 Å². The van der Waals surface area contributed by atoms with E-state index < -0.39 is 0 Å². The predicted octanol–water partition coefficient (Wildman–Crippen LogP) is 5.60. The second kappa shape index (κ2) is 8.09. The molecule has 2 heterocycles. The number of thioether (sulfide) groups is 1. The van der Waals surface area contributed by atoms with Gasteiger partial charge in [-0.1, -0.05) is 61.0 Å². The summed E-state index contributed by atoms with van der Waals surface area (Å²) in [7, 11) is 0. The summed E-state index contributed by atoms with van der Waals surface area (Å²) >= 11 is 9.44. The number of benzene rings is 2. The summed E-state index contributed by atoms with van der Waals surface area (Å²) in [5.41, 5.74) is 1.66. The molecule has 2 aromatic carbocycles. The van der Waals surface area contributed by atoms with E-state index in [0.29, 0.717) is 16.2 Å². The molecule has 6 nitrogen and oxygen atoms in total. The highest BCUT2D eigenvalue weighted by atomic mass is 79.9. The lowest BCUT2D eigenvalue weighted by Gasteiger charge is -1.98. The Balaban J connectivity index is 1.37. The zero-order valence-corrected chi connectivity index (χ0v) is 18.3. The minimum Gasteiger partial charge on any atom is -0.411 e. The van der Waals surface area contributed by atoms with E-state index in [2.05, 4.69) is 52.4 Å². The molecular weight excluding hydrogens is 516 g/mol. The van der Waals surface area contributed by atoms with E-state index in [1.54, 1.807) is 0 Å². The number of amides is 1. The summed E-state index contributed by atoms with van der Waals surface area (Å²) in [6.45, 7) is 0. The van der Waals surface area contributed by atoms with E-state index in [1.165, 1.54) is 23.1 Å². The zero-order chi connectivity index (χ0) is 18.8. The van der Waals surface area contributed by atoms with Gasteiger partial charge in [0.1, 0.15) is 0 Å². The van der Waals surface area contributed by atoms with E-state index in [4.69, 9.17) is 4.42 Å². The maximum absolute atomic E-state index is 12.2. The van der Waals surface area contributed by atoms with Crippen molar-refractivity contribution in [3.05, 3.63) is 51.4 Å². The topological polar surface area (TPSA) is 80.9 Å². The highest BCUT2D eigenvalue weighted by molar-refractivity contribution is 9.10. The summed E-state index contributed by atoms with van der Waals surface area (Å²) in [6.07, 6.45) is 0. The van der Waals surface area contributed by atoms with Crippen LogP contribution in [-0.4, -0.2) is 26.8 Å². The molecule has 0 saturated carbocycles. The van der Waals surface area contributed by atoms with Crippen molar-refractivity contribution < 1.29 is 9.21 Å². The number of carbonyl (C=O) groups excluding carboxylic acids is 1. The fourth-order valence-corrected chi connectivity index (χ4v) is 4.64. The first-order valence-electron chi connectivity index (χ1n) is 7.65. The summed E-state index contributed by atoms with van der Waals surface area (Å²) in [5, 5.41) is 11.7. The Morgan fingerprint density at radius 2 is 2.00 bits per heavy atom. The van der Waals surface area contributed by atoms with Crippen LogP contribution >= 0.6 is 55.0 Å². The van der Waals surface area contributed by atoms with Crippen molar-refractivity contribution in [2.75, 3.05) is 11.1 Å². The first kappa shape index (κ1) is 18.6. The van der Waals surface area contributed by atoms with Crippen LogP contribution in [0.1, 0.15) is 0 Å². The van der Waals surface area contributed by atoms with Gasteiger partial charge in [0.05, 0.1) is 16.0 Å². The van der Waals surface area contributed by atoms with Gasteiger partial charge >= 0.3 is 0 Å². The molecule has 1 amide bonds. The van der Waals surface area contributed by atoms with E-state index in [9.17, 15) is 4.79 Å². The van der Waals surface area contributed by atoms with Gasteiger partial charge in [0.25, 0.3) is 5.22 Å². The van der Waals surface area contributed by atoms with Crippen LogP contribution in [-0.2, 0) is 4.79 Å². The SMILES string of the molecule is O=C(CSc1nnc(-c2cccc(Br)c2)o1)Nc1nc2ccc(Br)cc2s1. The molecule has 27 heavy (non-hydrogen) atoms. The number of nitrogens with zero attached hydrogens (tertiary/aromatic N) is 3. The molecule has 10 heteroatoms. The molecule has 1 N–H and O–H groups in total. The summed E-state index contributed by atoms with van der Waals surface area (Å²) in [4.78, 5) is 16.6. The average Bonchev–Trinajstić information content (AvgIpc) is 3.26. The minimum atomic E-state index is -0.180. The van der Waals surface area contributed by atoms with Crippen LogP contribution < -0.4 is 5.32 Å². The standard InChI is InChI=1S/C17H10Br2N4O2S2/c18-10-3-1-2-9(6-10)15-22-23-17(25-15)26-8-14(24)21-16-20-12-5-4-11(19)7-13(12)27-16/h1-7H,8H2,(H,20,21,24). The largest absolute Gasteiger partial charge is 0.411 e. The van der Waals surface area contributed by atoms with Gasteiger partial charge in [0.15, 0.2) is 5.13 Å². The van der Waals surface area contributed by atoms with E-state index in [0.717, 1.165) is 24.7 Å². The average molecular weight is 526 g/mol. The molecule has 2 aromatic heterocycles. The van der Waals surface area contributed by atoms with Crippen LogP contribution in [0.4, 0.5) is 5.13 Å². The molecule has 0 spiro atoms. The van der Waals surface area contributed by atoms with Crippen molar-refractivity contribution in [2.45, 2.75) is 5.22 Å². The van der Waals surface area contributed by atoms with Crippen molar-refractivity contribution in [1.82, 2.24) is 15.2 Å². The lowest BCUT2D eigenvalue weighted by molar-refractivity contribution is -0.113. The molecule has 0 aliphatic rings. The molecule has 0 bridgehead atoms. The Morgan fingerprint density at radius 3 is 2.85 bits per heavy atom.